The van der Waals surface area contributed by atoms with Crippen LogP contribution in [0.1, 0.15) is 12.5 Å². The van der Waals surface area contributed by atoms with Gasteiger partial charge < -0.3 is 15.8 Å². The first kappa shape index (κ1) is 13.8. The molecule has 0 spiro atoms. The molecule has 0 aliphatic carbocycles. The van der Waals surface area contributed by atoms with Crippen molar-refractivity contribution in [3.63, 3.8) is 0 Å². The summed E-state index contributed by atoms with van der Waals surface area (Å²) >= 11 is 4.66. The lowest BCUT2D eigenvalue weighted by molar-refractivity contribution is 0.190. The highest BCUT2D eigenvalue weighted by molar-refractivity contribution is 7.80. The number of nitrogens with two attached hydrogens (primary N) is 1. The summed E-state index contributed by atoms with van der Waals surface area (Å²) in [5, 5.41) is 2.69. The van der Waals surface area contributed by atoms with Crippen molar-refractivity contribution in [1.82, 2.24) is 0 Å². The lowest BCUT2D eigenvalue weighted by atomic mass is 10.1. The van der Waals surface area contributed by atoms with Crippen LogP contribution in [0, 0.1) is 11.6 Å². The monoisotopic (exact) mass is 260 g/mol. The summed E-state index contributed by atoms with van der Waals surface area (Å²) in [5.74, 6) is -1.45. The van der Waals surface area contributed by atoms with Crippen LogP contribution in [0.4, 0.5) is 14.5 Å². The van der Waals surface area contributed by atoms with Crippen molar-refractivity contribution in [1.29, 1.82) is 0 Å². The van der Waals surface area contributed by atoms with Gasteiger partial charge in [-0.1, -0.05) is 12.2 Å². The van der Waals surface area contributed by atoms with Crippen molar-refractivity contribution in [3.05, 3.63) is 29.3 Å². The van der Waals surface area contributed by atoms with Gasteiger partial charge in [-0.2, -0.15) is 0 Å². The van der Waals surface area contributed by atoms with Crippen LogP contribution >= 0.6 is 12.2 Å². The first-order valence-electron chi connectivity index (χ1n) is 5.00. The third kappa shape index (κ3) is 3.61. The lowest BCUT2D eigenvalue weighted by Crippen LogP contribution is -2.22. The van der Waals surface area contributed by atoms with Gasteiger partial charge in [0.05, 0.1) is 6.61 Å². The zero-order valence-electron chi connectivity index (χ0n) is 9.59. The Balaban J connectivity index is 2.97. The predicted molar refractivity (Wildman–Crippen MR) is 67.2 cm³/mol. The molecule has 0 saturated heterocycles. The van der Waals surface area contributed by atoms with Crippen molar-refractivity contribution in [2.24, 2.45) is 5.73 Å². The highest BCUT2D eigenvalue weighted by Gasteiger charge is 2.14. The number of hydrogen-bond donors (Lipinski definition) is 2. The summed E-state index contributed by atoms with van der Waals surface area (Å²) in [6, 6.07) is 2.00. The van der Waals surface area contributed by atoms with E-state index in [2.05, 4.69) is 17.5 Å². The molecule has 6 heteroatoms. The molecule has 3 nitrogen and oxygen atoms in total. The molecule has 1 aromatic rings. The van der Waals surface area contributed by atoms with E-state index in [1.165, 1.54) is 7.11 Å². The van der Waals surface area contributed by atoms with E-state index in [1.54, 1.807) is 6.92 Å². The molecule has 1 atom stereocenters. The van der Waals surface area contributed by atoms with Crippen molar-refractivity contribution < 1.29 is 13.5 Å². The maximum absolute atomic E-state index is 13.6. The number of benzene rings is 1. The fourth-order valence-electron chi connectivity index (χ4n) is 1.39. The van der Waals surface area contributed by atoms with Crippen molar-refractivity contribution in [2.75, 3.05) is 19.0 Å². The van der Waals surface area contributed by atoms with Crippen LogP contribution in [0.5, 0.6) is 0 Å². The second-order valence-corrected chi connectivity index (χ2v) is 4.12. The van der Waals surface area contributed by atoms with Crippen molar-refractivity contribution >= 4 is 22.9 Å². The molecule has 1 aromatic carbocycles. The minimum Gasteiger partial charge on any atom is -0.389 e. The van der Waals surface area contributed by atoms with Gasteiger partial charge in [0.15, 0.2) is 0 Å². The van der Waals surface area contributed by atoms with Crippen LogP contribution in [-0.4, -0.2) is 24.7 Å². The Morgan fingerprint density at radius 1 is 1.47 bits per heavy atom. The number of methoxy groups -OCH3 is 1. The summed E-state index contributed by atoms with van der Waals surface area (Å²) in [5.41, 5.74) is 5.28. The molecule has 17 heavy (non-hydrogen) atoms. The number of thiocarbonyl (C=S) groups is 1. The Kier molecular flexibility index (Phi) is 4.77. The quantitative estimate of drug-likeness (QED) is 0.795. The lowest BCUT2D eigenvalue weighted by Gasteiger charge is -2.16. The van der Waals surface area contributed by atoms with E-state index in [0.717, 1.165) is 12.1 Å². The smallest absolute Gasteiger partial charge is 0.150 e. The van der Waals surface area contributed by atoms with E-state index in [1.807, 2.05) is 0 Å². The molecule has 0 saturated carbocycles. The van der Waals surface area contributed by atoms with Gasteiger partial charge in [0, 0.05) is 18.7 Å². The predicted octanol–water partition coefficient (Wildman–Crippen LogP) is 2.05. The van der Waals surface area contributed by atoms with Crippen LogP contribution in [0.25, 0.3) is 0 Å². The Labute approximate surface area is 104 Å². The van der Waals surface area contributed by atoms with Crippen LogP contribution in [0.15, 0.2) is 12.1 Å². The third-order valence-electron chi connectivity index (χ3n) is 2.13. The van der Waals surface area contributed by atoms with E-state index in [4.69, 9.17) is 10.5 Å². The number of rotatable bonds is 5. The summed E-state index contributed by atoms with van der Waals surface area (Å²) in [4.78, 5) is -0.0423. The van der Waals surface area contributed by atoms with Gasteiger partial charge in [-0.3, -0.25) is 0 Å². The molecule has 1 rings (SSSR count). The van der Waals surface area contributed by atoms with Gasteiger partial charge in [-0.25, -0.2) is 8.78 Å². The summed E-state index contributed by atoms with van der Waals surface area (Å²) in [6.07, 6.45) is 0. The summed E-state index contributed by atoms with van der Waals surface area (Å²) < 4.78 is 32.1. The van der Waals surface area contributed by atoms with Crippen molar-refractivity contribution in [2.45, 2.75) is 13.0 Å². The fraction of sp³-hybridized carbons (Fsp3) is 0.364. The fourth-order valence-corrected chi connectivity index (χ4v) is 1.51. The van der Waals surface area contributed by atoms with E-state index in [9.17, 15) is 8.78 Å². The zero-order valence-corrected chi connectivity index (χ0v) is 10.4. The minimum atomic E-state index is -0.726. The van der Waals surface area contributed by atoms with E-state index in [-0.39, 0.29) is 22.3 Å². The van der Waals surface area contributed by atoms with Gasteiger partial charge in [0.1, 0.15) is 22.3 Å². The molecule has 1 unspecified atom stereocenters. The van der Waals surface area contributed by atoms with Crippen LogP contribution in [0.3, 0.4) is 0 Å². The zero-order chi connectivity index (χ0) is 13.0. The number of nitrogens with one attached hydrogen (secondary N) is 1. The maximum atomic E-state index is 13.6. The van der Waals surface area contributed by atoms with Gasteiger partial charge in [0.2, 0.25) is 0 Å². The van der Waals surface area contributed by atoms with Crippen LogP contribution in [-0.2, 0) is 4.74 Å². The topological polar surface area (TPSA) is 47.3 Å². The van der Waals surface area contributed by atoms with Gasteiger partial charge in [-0.15, -0.1) is 0 Å². The number of ether oxygens (including phenoxy) is 1. The highest BCUT2D eigenvalue weighted by atomic mass is 32.1. The van der Waals surface area contributed by atoms with Crippen LogP contribution in [0.2, 0.25) is 0 Å². The standard InChI is InChI=1S/C11H14F2N2OS/c1-6(5-16-2)15-10-8(12)3-7(11(14)17)4-9(10)13/h3-4,6,15H,5H2,1-2H3,(H2,14,17). The van der Waals surface area contributed by atoms with E-state index < -0.39 is 11.6 Å². The molecule has 0 aromatic heterocycles. The minimum absolute atomic E-state index is 0.0423. The third-order valence-corrected chi connectivity index (χ3v) is 2.37. The van der Waals surface area contributed by atoms with Crippen molar-refractivity contribution in [3.8, 4) is 0 Å². The molecule has 0 aliphatic heterocycles. The number of halogens is 2. The average Bonchev–Trinajstić information content (AvgIpc) is 2.23. The number of hydrogen-bond acceptors (Lipinski definition) is 3. The molecule has 3 N–H and O–H groups in total. The Morgan fingerprint density at radius 3 is 2.41 bits per heavy atom. The maximum Gasteiger partial charge on any atom is 0.150 e. The first-order valence-corrected chi connectivity index (χ1v) is 5.40. The normalized spacial score (nSPS) is 12.2. The molecular weight excluding hydrogens is 246 g/mol. The molecular formula is C11H14F2N2OS. The van der Waals surface area contributed by atoms with E-state index >= 15 is 0 Å². The molecule has 0 fully saturated rings. The van der Waals surface area contributed by atoms with Gasteiger partial charge in [0.25, 0.3) is 0 Å². The molecule has 0 aliphatic rings. The molecule has 0 amide bonds. The summed E-state index contributed by atoms with van der Waals surface area (Å²) in [7, 11) is 1.51. The molecule has 94 valence electrons. The van der Waals surface area contributed by atoms with Gasteiger partial charge in [-0.05, 0) is 19.1 Å². The largest absolute Gasteiger partial charge is 0.389 e. The molecule has 0 radical (unpaired) electrons. The molecule has 0 heterocycles. The summed E-state index contributed by atoms with van der Waals surface area (Å²) in [6.45, 7) is 2.10. The average molecular weight is 260 g/mol. The first-order chi connectivity index (χ1) is 7.95. The Morgan fingerprint density at radius 2 is 2.00 bits per heavy atom. The van der Waals surface area contributed by atoms with Crippen LogP contribution < -0.4 is 11.1 Å². The Hall–Kier alpha value is -1.27. The Bertz CT molecular complexity index is 403. The highest BCUT2D eigenvalue weighted by Crippen LogP contribution is 2.21. The second-order valence-electron chi connectivity index (χ2n) is 3.68. The SMILES string of the molecule is COCC(C)Nc1c(F)cc(C(N)=S)cc1F. The van der Waals surface area contributed by atoms with Gasteiger partial charge >= 0.3 is 0 Å². The molecule has 0 bridgehead atoms. The van der Waals surface area contributed by atoms with E-state index in [0.29, 0.717) is 6.61 Å². The second kappa shape index (κ2) is 5.88. The number of anilines is 1.